The number of carbonyl (C=O) groups excluding carboxylic acids is 1. The summed E-state index contributed by atoms with van der Waals surface area (Å²) in [5.41, 5.74) is 1.71. The Hall–Kier alpha value is -1.07. The van der Waals surface area contributed by atoms with Gasteiger partial charge in [-0.2, -0.15) is 0 Å². The van der Waals surface area contributed by atoms with E-state index < -0.39 is 0 Å². The van der Waals surface area contributed by atoms with Gasteiger partial charge in [0.15, 0.2) is 5.78 Å². The SMILES string of the molecule is C#CCC(=O)c1cccc(C)c1Br. The zero-order valence-corrected chi connectivity index (χ0v) is 8.89. The summed E-state index contributed by atoms with van der Waals surface area (Å²) in [6.07, 6.45) is 5.22. The minimum absolute atomic E-state index is 0.0157. The molecule has 0 bridgehead atoms. The van der Waals surface area contributed by atoms with Gasteiger partial charge in [0.1, 0.15) is 0 Å². The molecule has 0 aliphatic carbocycles. The summed E-state index contributed by atoms with van der Waals surface area (Å²) in [4.78, 5) is 11.4. The van der Waals surface area contributed by atoms with Crippen molar-refractivity contribution in [3.8, 4) is 12.3 Å². The monoisotopic (exact) mass is 236 g/mol. The fourth-order valence-corrected chi connectivity index (χ4v) is 1.54. The first-order valence-corrected chi connectivity index (χ1v) is 4.68. The molecular weight excluding hydrogens is 228 g/mol. The van der Waals surface area contributed by atoms with Crippen molar-refractivity contribution in [3.05, 3.63) is 33.8 Å². The van der Waals surface area contributed by atoms with Crippen molar-refractivity contribution in [2.24, 2.45) is 0 Å². The third-order valence-corrected chi connectivity index (χ3v) is 2.81. The van der Waals surface area contributed by atoms with E-state index in [9.17, 15) is 4.79 Å². The summed E-state index contributed by atoms with van der Waals surface area (Å²) >= 11 is 3.36. The molecule has 0 heterocycles. The van der Waals surface area contributed by atoms with Gasteiger partial charge in [0.05, 0.1) is 6.42 Å². The Bertz CT molecular complexity index is 374. The van der Waals surface area contributed by atoms with Crippen LogP contribution in [-0.2, 0) is 0 Å². The largest absolute Gasteiger partial charge is 0.293 e. The summed E-state index contributed by atoms with van der Waals surface area (Å²) in [7, 11) is 0. The van der Waals surface area contributed by atoms with Crippen LogP contribution in [0.1, 0.15) is 22.3 Å². The molecule has 1 rings (SSSR count). The number of rotatable bonds is 2. The Morgan fingerprint density at radius 1 is 1.62 bits per heavy atom. The summed E-state index contributed by atoms with van der Waals surface area (Å²) in [6.45, 7) is 1.94. The molecule has 0 radical (unpaired) electrons. The Labute approximate surface area is 86.3 Å². The van der Waals surface area contributed by atoms with Crippen LogP contribution in [0.3, 0.4) is 0 Å². The minimum Gasteiger partial charge on any atom is -0.293 e. The number of terminal acetylenes is 1. The van der Waals surface area contributed by atoms with Crippen LogP contribution >= 0.6 is 15.9 Å². The third kappa shape index (κ3) is 2.19. The zero-order valence-electron chi connectivity index (χ0n) is 7.30. The number of Topliss-reactive ketones (excluding diaryl/α,β-unsaturated/α-hetero) is 1. The van der Waals surface area contributed by atoms with Crippen LogP contribution < -0.4 is 0 Å². The van der Waals surface area contributed by atoms with E-state index in [4.69, 9.17) is 6.42 Å². The molecule has 13 heavy (non-hydrogen) atoms. The summed E-state index contributed by atoms with van der Waals surface area (Å²) < 4.78 is 0.843. The second kappa shape index (κ2) is 4.25. The van der Waals surface area contributed by atoms with Crippen LogP contribution in [0.25, 0.3) is 0 Å². The Morgan fingerprint density at radius 2 is 2.31 bits per heavy atom. The van der Waals surface area contributed by atoms with Crippen molar-refractivity contribution in [1.29, 1.82) is 0 Å². The van der Waals surface area contributed by atoms with Crippen molar-refractivity contribution in [3.63, 3.8) is 0 Å². The lowest BCUT2D eigenvalue weighted by Crippen LogP contribution is -1.99. The maximum atomic E-state index is 11.4. The molecule has 2 heteroatoms. The van der Waals surface area contributed by atoms with Gasteiger partial charge in [0.2, 0.25) is 0 Å². The van der Waals surface area contributed by atoms with E-state index in [1.807, 2.05) is 19.1 Å². The van der Waals surface area contributed by atoms with Gasteiger partial charge in [-0.05, 0) is 28.4 Å². The van der Waals surface area contributed by atoms with E-state index in [2.05, 4.69) is 21.9 Å². The quantitative estimate of drug-likeness (QED) is 0.570. The van der Waals surface area contributed by atoms with Gasteiger partial charge in [-0.25, -0.2) is 0 Å². The number of ketones is 1. The van der Waals surface area contributed by atoms with Gasteiger partial charge in [0.25, 0.3) is 0 Å². The standard InChI is InChI=1S/C11H9BrO/c1-3-5-10(13)9-7-4-6-8(2)11(9)12/h1,4,6-7H,5H2,2H3. The van der Waals surface area contributed by atoms with Crippen molar-refractivity contribution in [2.75, 3.05) is 0 Å². The summed E-state index contributed by atoms with van der Waals surface area (Å²) in [6, 6.07) is 5.57. The second-order valence-electron chi connectivity index (χ2n) is 2.74. The third-order valence-electron chi connectivity index (χ3n) is 1.75. The maximum Gasteiger partial charge on any atom is 0.175 e. The first-order valence-electron chi connectivity index (χ1n) is 3.88. The lowest BCUT2D eigenvalue weighted by Gasteiger charge is -2.03. The van der Waals surface area contributed by atoms with Crippen molar-refractivity contribution < 1.29 is 4.79 Å². The molecule has 66 valence electrons. The number of hydrogen-bond acceptors (Lipinski definition) is 1. The van der Waals surface area contributed by atoms with E-state index >= 15 is 0 Å². The topological polar surface area (TPSA) is 17.1 Å². The highest BCUT2D eigenvalue weighted by Gasteiger charge is 2.09. The van der Waals surface area contributed by atoms with Crippen LogP contribution in [0.5, 0.6) is 0 Å². The maximum absolute atomic E-state index is 11.4. The van der Waals surface area contributed by atoms with Crippen molar-refractivity contribution >= 4 is 21.7 Å². The van der Waals surface area contributed by atoms with Gasteiger partial charge in [-0.15, -0.1) is 6.42 Å². The van der Waals surface area contributed by atoms with Gasteiger partial charge in [0, 0.05) is 10.0 Å². The average Bonchev–Trinajstić information content (AvgIpc) is 2.10. The molecule has 0 spiro atoms. The normalized spacial score (nSPS) is 9.31. The molecule has 0 N–H and O–H groups in total. The Balaban J connectivity index is 3.09. The molecule has 0 aliphatic rings. The van der Waals surface area contributed by atoms with E-state index in [0.29, 0.717) is 5.56 Å². The number of carbonyl (C=O) groups is 1. The van der Waals surface area contributed by atoms with Crippen molar-refractivity contribution in [2.45, 2.75) is 13.3 Å². The predicted octanol–water partition coefficient (Wildman–Crippen LogP) is 2.96. The lowest BCUT2D eigenvalue weighted by atomic mass is 10.1. The van der Waals surface area contributed by atoms with Crippen LogP contribution in [0.15, 0.2) is 22.7 Å². The van der Waals surface area contributed by atoms with E-state index in [0.717, 1.165) is 10.0 Å². The highest BCUT2D eigenvalue weighted by atomic mass is 79.9. The van der Waals surface area contributed by atoms with Gasteiger partial charge in [-0.1, -0.05) is 24.1 Å². The zero-order chi connectivity index (χ0) is 9.84. The fraction of sp³-hybridized carbons (Fsp3) is 0.182. The van der Waals surface area contributed by atoms with E-state index in [1.165, 1.54) is 0 Å². The molecule has 0 unspecified atom stereocenters. The minimum atomic E-state index is -0.0157. The highest BCUT2D eigenvalue weighted by Crippen LogP contribution is 2.21. The number of aryl methyl sites for hydroxylation is 1. The van der Waals surface area contributed by atoms with Crippen LogP contribution in [0.2, 0.25) is 0 Å². The average molecular weight is 237 g/mol. The fourth-order valence-electron chi connectivity index (χ4n) is 1.05. The highest BCUT2D eigenvalue weighted by molar-refractivity contribution is 9.10. The first kappa shape index (κ1) is 10.0. The molecule has 0 saturated heterocycles. The van der Waals surface area contributed by atoms with E-state index in [1.54, 1.807) is 6.07 Å². The molecule has 0 atom stereocenters. The van der Waals surface area contributed by atoms with Crippen molar-refractivity contribution in [1.82, 2.24) is 0 Å². The molecule has 0 amide bonds. The number of benzene rings is 1. The molecule has 0 aromatic heterocycles. The molecule has 1 aromatic carbocycles. The number of halogens is 1. The molecule has 1 nitrogen and oxygen atoms in total. The predicted molar refractivity (Wildman–Crippen MR) is 56.7 cm³/mol. The lowest BCUT2D eigenvalue weighted by molar-refractivity contribution is 0.0997. The first-order chi connectivity index (χ1) is 6.16. The molecule has 1 aromatic rings. The molecule has 0 fully saturated rings. The molecule has 0 saturated carbocycles. The van der Waals surface area contributed by atoms with Crippen LogP contribution in [-0.4, -0.2) is 5.78 Å². The molecular formula is C11H9BrO. The summed E-state index contributed by atoms with van der Waals surface area (Å²) in [5, 5.41) is 0. The Kier molecular flexibility index (Phi) is 3.27. The molecule has 0 aliphatic heterocycles. The number of hydrogen-bond donors (Lipinski definition) is 0. The smallest absolute Gasteiger partial charge is 0.175 e. The van der Waals surface area contributed by atoms with Gasteiger partial charge >= 0.3 is 0 Å². The second-order valence-corrected chi connectivity index (χ2v) is 3.53. The van der Waals surface area contributed by atoms with Crippen LogP contribution in [0.4, 0.5) is 0 Å². The Morgan fingerprint density at radius 3 is 2.92 bits per heavy atom. The van der Waals surface area contributed by atoms with Crippen LogP contribution in [0, 0.1) is 19.3 Å². The van der Waals surface area contributed by atoms with Gasteiger partial charge in [-0.3, -0.25) is 4.79 Å². The van der Waals surface area contributed by atoms with E-state index in [-0.39, 0.29) is 12.2 Å². The van der Waals surface area contributed by atoms with Gasteiger partial charge < -0.3 is 0 Å². The summed E-state index contributed by atoms with van der Waals surface area (Å²) in [5.74, 6) is 2.33.